The molecule has 4 rings (SSSR count). The van der Waals surface area contributed by atoms with Crippen molar-refractivity contribution in [3.63, 3.8) is 0 Å². The lowest BCUT2D eigenvalue weighted by Crippen LogP contribution is -2.75. The molecule has 0 aromatic heterocycles. The topological polar surface area (TPSA) is 82.1 Å². The van der Waals surface area contributed by atoms with E-state index in [-0.39, 0.29) is 17.7 Å². The molecule has 2 aliphatic heterocycles. The molecule has 1 saturated carbocycles. The minimum atomic E-state index is -0.808. The van der Waals surface area contributed by atoms with Gasteiger partial charge in [-0.1, -0.05) is 44.7 Å². The highest BCUT2D eigenvalue weighted by Crippen LogP contribution is 2.36. The number of aliphatic hydroxyl groups excluding tert-OH is 1. The van der Waals surface area contributed by atoms with Crippen molar-refractivity contribution in [2.24, 2.45) is 5.92 Å². The molecule has 3 aliphatic rings. The summed E-state index contributed by atoms with van der Waals surface area (Å²) in [5.41, 5.74) is 0.295. The van der Waals surface area contributed by atoms with Gasteiger partial charge in [-0.15, -0.1) is 11.6 Å². The Hall–Kier alpha value is -1.83. The van der Waals surface area contributed by atoms with E-state index in [0.29, 0.717) is 31.9 Å². The Morgan fingerprint density at radius 1 is 1.05 bits per heavy atom. The number of piperazine rings is 1. The summed E-state index contributed by atoms with van der Waals surface area (Å²) in [6, 6.07) is 7.08. The third kappa shape index (κ3) is 6.83. The quantitative estimate of drug-likeness (QED) is 0.298. The molecular weight excluding hydrogens is 502 g/mol. The zero-order valence-corrected chi connectivity index (χ0v) is 23.8. The maximum absolute atomic E-state index is 13.7. The number of amides is 2. The molecule has 3 fully saturated rings. The molecule has 1 spiro atoms. The largest absolute Gasteiger partial charge is 0.494 e. The summed E-state index contributed by atoms with van der Waals surface area (Å²) >= 11 is 5.84. The number of aliphatic hydroxyl groups is 1. The molecule has 2 N–H and O–H groups in total. The monoisotopic (exact) mass is 547 g/mol. The van der Waals surface area contributed by atoms with E-state index in [1.54, 1.807) is 0 Å². The molecule has 8 heteroatoms. The molecule has 0 radical (unpaired) electrons. The first-order valence-electron chi connectivity index (χ1n) is 14.8. The summed E-state index contributed by atoms with van der Waals surface area (Å²) in [4.78, 5) is 31.6. The van der Waals surface area contributed by atoms with Crippen molar-refractivity contribution in [3.05, 3.63) is 29.8 Å². The molecule has 38 heavy (non-hydrogen) atoms. The standard InChI is InChI=1S/C30H46ClN3O4/c1-2-3-18-34-28(36)26(27(35)24-9-5-4-6-10-24)32-29(37)30(34)15-19-33(20-16-30)17-7-8-21-38-25-13-11-23(22-31)12-14-25/h11-14,24,26-27,35H,2-10,15-22H2,1H3,(H,32,37)/t26-,27-/m1/s1. The van der Waals surface area contributed by atoms with Crippen molar-refractivity contribution in [1.82, 2.24) is 15.1 Å². The zero-order valence-electron chi connectivity index (χ0n) is 23.0. The predicted molar refractivity (Wildman–Crippen MR) is 150 cm³/mol. The van der Waals surface area contributed by atoms with Crippen LogP contribution in [0.3, 0.4) is 0 Å². The van der Waals surface area contributed by atoms with Gasteiger partial charge in [-0.05, 0) is 75.1 Å². The van der Waals surface area contributed by atoms with Gasteiger partial charge in [-0.25, -0.2) is 0 Å². The number of hydrogen-bond acceptors (Lipinski definition) is 5. The molecule has 2 amide bonds. The fourth-order valence-electron chi connectivity index (χ4n) is 6.40. The molecule has 2 heterocycles. The fourth-order valence-corrected chi connectivity index (χ4v) is 6.58. The maximum atomic E-state index is 13.7. The Labute approximate surface area is 233 Å². The van der Waals surface area contributed by atoms with Gasteiger partial charge in [0.25, 0.3) is 0 Å². The SMILES string of the molecule is CCCCN1C(=O)[C@@H]([C@H](O)C2CCCCC2)NC(=O)C12CCN(CCCCOc1ccc(CCl)cc1)CC2. The maximum Gasteiger partial charge on any atom is 0.248 e. The van der Waals surface area contributed by atoms with Gasteiger partial charge in [-0.2, -0.15) is 0 Å². The van der Waals surface area contributed by atoms with Crippen LogP contribution in [0.1, 0.15) is 83.1 Å². The number of piperidine rings is 1. The van der Waals surface area contributed by atoms with E-state index < -0.39 is 17.7 Å². The molecular formula is C30H46ClN3O4. The number of nitrogens with zero attached hydrogens (tertiary/aromatic N) is 2. The van der Waals surface area contributed by atoms with E-state index in [1.165, 1.54) is 6.42 Å². The third-order valence-corrected chi connectivity index (χ3v) is 9.17. The minimum Gasteiger partial charge on any atom is -0.494 e. The van der Waals surface area contributed by atoms with E-state index in [0.717, 1.165) is 82.3 Å². The van der Waals surface area contributed by atoms with Gasteiger partial charge in [0.15, 0.2) is 0 Å². The number of nitrogens with one attached hydrogen (secondary N) is 1. The molecule has 1 aliphatic carbocycles. The van der Waals surface area contributed by atoms with Crippen LogP contribution < -0.4 is 10.1 Å². The lowest BCUT2D eigenvalue weighted by molar-refractivity contribution is -0.165. The number of carbonyl (C=O) groups is 2. The average molecular weight is 548 g/mol. The van der Waals surface area contributed by atoms with E-state index in [9.17, 15) is 14.7 Å². The average Bonchev–Trinajstić information content (AvgIpc) is 2.96. The minimum absolute atomic E-state index is 0.0682. The van der Waals surface area contributed by atoms with E-state index in [4.69, 9.17) is 16.3 Å². The highest BCUT2D eigenvalue weighted by Gasteiger charge is 2.55. The molecule has 7 nitrogen and oxygen atoms in total. The number of halogens is 1. The molecule has 1 aromatic carbocycles. The second-order valence-electron chi connectivity index (χ2n) is 11.4. The van der Waals surface area contributed by atoms with Crippen LogP contribution in [0.5, 0.6) is 5.75 Å². The van der Waals surface area contributed by atoms with E-state index >= 15 is 0 Å². The van der Waals surface area contributed by atoms with E-state index in [2.05, 4.69) is 17.1 Å². The van der Waals surface area contributed by atoms with Crippen molar-refractivity contribution in [2.45, 2.75) is 101 Å². The van der Waals surface area contributed by atoms with Crippen molar-refractivity contribution >= 4 is 23.4 Å². The predicted octanol–water partition coefficient (Wildman–Crippen LogP) is 4.49. The summed E-state index contributed by atoms with van der Waals surface area (Å²) in [7, 11) is 0. The number of benzene rings is 1. The van der Waals surface area contributed by atoms with Gasteiger partial charge in [0, 0.05) is 25.5 Å². The number of unbranched alkanes of at least 4 members (excludes halogenated alkanes) is 2. The number of likely N-dealkylation sites (tertiary alicyclic amines) is 1. The van der Waals surface area contributed by atoms with Crippen molar-refractivity contribution in [2.75, 3.05) is 32.8 Å². The van der Waals surface area contributed by atoms with Crippen LogP contribution >= 0.6 is 11.6 Å². The summed E-state index contributed by atoms with van der Waals surface area (Å²) in [6.07, 6.45) is 9.52. The van der Waals surface area contributed by atoms with Crippen LogP contribution in [0.25, 0.3) is 0 Å². The molecule has 1 aromatic rings. The van der Waals surface area contributed by atoms with Crippen molar-refractivity contribution < 1.29 is 19.4 Å². The first-order chi connectivity index (χ1) is 18.5. The smallest absolute Gasteiger partial charge is 0.248 e. The summed E-state index contributed by atoms with van der Waals surface area (Å²) in [5, 5.41) is 14.1. The lowest BCUT2D eigenvalue weighted by atomic mass is 9.78. The highest BCUT2D eigenvalue weighted by atomic mass is 35.5. The van der Waals surface area contributed by atoms with Crippen LogP contribution in [0.2, 0.25) is 0 Å². The van der Waals surface area contributed by atoms with Crippen LogP contribution in [0.4, 0.5) is 0 Å². The van der Waals surface area contributed by atoms with Gasteiger partial charge >= 0.3 is 0 Å². The summed E-state index contributed by atoms with van der Waals surface area (Å²) < 4.78 is 5.86. The van der Waals surface area contributed by atoms with Crippen LogP contribution in [-0.2, 0) is 15.5 Å². The second-order valence-corrected chi connectivity index (χ2v) is 11.7. The Bertz CT molecular complexity index is 897. The molecule has 0 bridgehead atoms. The Morgan fingerprint density at radius 3 is 2.42 bits per heavy atom. The normalized spacial score (nSPS) is 23.4. The van der Waals surface area contributed by atoms with Gasteiger partial charge in [0.2, 0.25) is 11.8 Å². The number of ether oxygens (including phenoxy) is 1. The highest BCUT2D eigenvalue weighted by molar-refractivity contribution is 6.17. The fraction of sp³-hybridized carbons (Fsp3) is 0.733. The van der Waals surface area contributed by atoms with Gasteiger partial charge in [-0.3, -0.25) is 9.59 Å². The molecule has 2 saturated heterocycles. The number of hydrogen-bond donors (Lipinski definition) is 2. The first-order valence-corrected chi connectivity index (χ1v) is 15.3. The van der Waals surface area contributed by atoms with Crippen LogP contribution in [0, 0.1) is 5.92 Å². The van der Waals surface area contributed by atoms with Gasteiger partial charge in [0.05, 0.1) is 12.7 Å². The summed E-state index contributed by atoms with van der Waals surface area (Å²) in [5.74, 6) is 1.32. The zero-order chi connectivity index (χ0) is 27.0. The van der Waals surface area contributed by atoms with Gasteiger partial charge < -0.3 is 25.0 Å². The second kappa shape index (κ2) is 14.0. The third-order valence-electron chi connectivity index (χ3n) is 8.87. The number of carbonyl (C=O) groups excluding carboxylic acids is 2. The molecule has 0 unspecified atom stereocenters. The number of rotatable bonds is 12. The van der Waals surface area contributed by atoms with E-state index in [1.807, 2.05) is 29.2 Å². The van der Waals surface area contributed by atoms with Crippen LogP contribution in [-0.4, -0.2) is 77.2 Å². The number of alkyl halides is 1. The van der Waals surface area contributed by atoms with Crippen LogP contribution in [0.15, 0.2) is 24.3 Å². The molecule has 212 valence electrons. The van der Waals surface area contributed by atoms with Crippen molar-refractivity contribution in [3.8, 4) is 5.75 Å². The van der Waals surface area contributed by atoms with Crippen molar-refractivity contribution in [1.29, 1.82) is 0 Å². The Balaban J connectivity index is 1.28. The summed E-state index contributed by atoms with van der Waals surface area (Å²) in [6.45, 7) is 5.90. The van der Waals surface area contributed by atoms with Gasteiger partial charge in [0.1, 0.15) is 17.3 Å². The lowest BCUT2D eigenvalue weighted by Gasteiger charge is -2.52. The Kier molecular flexibility index (Phi) is 10.7. The first kappa shape index (κ1) is 29.2. The molecule has 2 atom stereocenters. The Morgan fingerprint density at radius 2 is 1.76 bits per heavy atom.